The van der Waals surface area contributed by atoms with Gasteiger partial charge in [-0.2, -0.15) is 18.3 Å². The number of carboxylic acid groups (broad SMARTS) is 1. The molecule has 1 amide bonds. The molecule has 2 heterocycles. The zero-order valence-electron chi connectivity index (χ0n) is 21.4. The third-order valence-electron chi connectivity index (χ3n) is 5.42. The number of benzene rings is 2. The highest BCUT2D eigenvalue weighted by atomic mass is 19.4. The lowest BCUT2D eigenvalue weighted by molar-refractivity contribution is -0.192. The van der Waals surface area contributed by atoms with Crippen molar-refractivity contribution in [2.45, 2.75) is 32.4 Å². The fourth-order valence-corrected chi connectivity index (χ4v) is 3.30. The Bertz CT molecular complexity index is 1490. The summed E-state index contributed by atoms with van der Waals surface area (Å²) in [7, 11) is 1.35. The molecule has 0 unspecified atom stereocenters. The van der Waals surface area contributed by atoms with Crippen LogP contribution < -0.4 is 5.32 Å². The van der Waals surface area contributed by atoms with E-state index in [-0.39, 0.29) is 17.3 Å². The standard InChI is InChI=1S/C25H24N4O3.C2HF3O2/c1-25(2,3)19-11-9-17(10-12-19)23(30)27-21-15-29-22(26-21)14-13-20(28-29)16-5-7-18(8-6-16)24(31)32-4;3-2(4,5)1(6)7/h5-15H,1-4H3,(H,27,30);(H,6,7). The van der Waals surface area contributed by atoms with Crippen molar-refractivity contribution < 1.29 is 37.4 Å². The minimum atomic E-state index is -5.08. The number of aromatic nitrogens is 3. The zero-order valence-corrected chi connectivity index (χ0v) is 21.4. The van der Waals surface area contributed by atoms with Gasteiger partial charge in [-0.1, -0.05) is 45.0 Å². The number of nitrogens with zero attached hydrogens (tertiary/aromatic N) is 3. The lowest BCUT2D eigenvalue weighted by Crippen LogP contribution is -2.21. The molecule has 39 heavy (non-hydrogen) atoms. The van der Waals surface area contributed by atoms with Gasteiger partial charge in [-0.3, -0.25) is 4.79 Å². The van der Waals surface area contributed by atoms with Crippen molar-refractivity contribution in [2.75, 3.05) is 12.4 Å². The highest BCUT2D eigenvalue weighted by Gasteiger charge is 2.38. The number of halogens is 3. The fraction of sp³-hybridized carbons (Fsp3) is 0.222. The monoisotopic (exact) mass is 542 g/mol. The van der Waals surface area contributed by atoms with Crippen molar-refractivity contribution in [3.05, 3.63) is 83.6 Å². The fourth-order valence-electron chi connectivity index (χ4n) is 3.30. The van der Waals surface area contributed by atoms with E-state index in [1.54, 1.807) is 35.0 Å². The summed E-state index contributed by atoms with van der Waals surface area (Å²) in [5.74, 6) is -2.96. The van der Waals surface area contributed by atoms with Gasteiger partial charge in [-0.05, 0) is 47.4 Å². The number of hydrogen-bond acceptors (Lipinski definition) is 6. The van der Waals surface area contributed by atoms with Crippen LogP contribution in [0.15, 0.2) is 66.9 Å². The van der Waals surface area contributed by atoms with Crippen LogP contribution in [0, 0.1) is 0 Å². The molecule has 0 saturated heterocycles. The average molecular weight is 543 g/mol. The average Bonchev–Trinajstić information content (AvgIpc) is 3.29. The number of esters is 1. The van der Waals surface area contributed by atoms with Gasteiger partial charge in [0.15, 0.2) is 11.5 Å². The number of carboxylic acids is 1. The summed E-state index contributed by atoms with van der Waals surface area (Å²) in [5, 5.41) is 14.5. The van der Waals surface area contributed by atoms with E-state index in [2.05, 4.69) is 36.2 Å². The largest absolute Gasteiger partial charge is 0.490 e. The molecule has 0 fully saturated rings. The number of ether oxygens (including phenoxy) is 1. The van der Waals surface area contributed by atoms with Crippen LogP contribution in [0.1, 0.15) is 47.1 Å². The topological polar surface area (TPSA) is 123 Å². The molecule has 12 heteroatoms. The molecular weight excluding hydrogens is 517 g/mol. The summed E-state index contributed by atoms with van der Waals surface area (Å²) in [6.07, 6.45) is -3.41. The van der Waals surface area contributed by atoms with Gasteiger partial charge in [0, 0.05) is 11.1 Å². The quantitative estimate of drug-likeness (QED) is 0.333. The van der Waals surface area contributed by atoms with Crippen molar-refractivity contribution in [2.24, 2.45) is 0 Å². The second-order valence-corrected chi connectivity index (χ2v) is 9.30. The summed E-state index contributed by atoms with van der Waals surface area (Å²) in [4.78, 5) is 37.6. The van der Waals surface area contributed by atoms with Gasteiger partial charge in [0.1, 0.15) is 0 Å². The highest BCUT2D eigenvalue weighted by molar-refractivity contribution is 6.03. The van der Waals surface area contributed by atoms with Crippen molar-refractivity contribution in [3.63, 3.8) is 0 Å². The molecule has 0 aliphatic rings. The molecule has 0 aliphatic carbocycles. The smallest absolute Gasteiger partial charge is 0.475 e. The van der Waals surface area contributed by atoms with Crippen LogP contribution in [-0.2, 0) is 14.9 Å². The minimum absolute atomic E-state index is 0.0274. The Morgan fingerprint density at radius 3 is 1.97 bits per heavy atom. The van der Waals surface area contributed by atoms with Crippen LogP contribution in [-0.4, -0.2) is 50.8 Å². The van der Waals surface area contributed by atoms with Gasteiger partial charge in [0.2, 0.25) is 0 Å². The molecule has 0 spiro atoms. The summed E-state index contributed by atoms with van der Waals surface area (Å²) in [6, 6.07) is 18.2. The summed E-state index contributed by atoms with van der Waals surface area (Å²) in [6.45, 7) is 6.40. The SMILES string of the molecule is COC(=O)c1ccc(-c2ccc3nc(NC(=O)c4ccc(C(C)(C)C)cc4)cn3n2)cc1.O=C(O)C(F)(F)F. The number of carbonyl (C=O) groups is 3. The molecule has 2 aromatic heterocycles. The molecule has 0 aliphatic heterocycles. The summed E-state index contributed by atoms with van der Waals surface area (Å²) >= 11 is 0. The second kappa shape index (κ2) is 11.3. The van der Waals surface area contributed by atoms with E-state index >= 15 is 0 Å². The molecule has 0 radical (unpaired) electrons. The zero-order chi connectivity index (χ0) is 29.0. The third kappa shape index (κ3) is 7.40. The Balaban J connectivity index is 0.000000532. The van der Waals surface area contributed by atoms with Crippen LogP contribution in [0.4, 0.5) is 19.0 Å². The van der Waals surface area contributed by atoms with Crippen LogP contribution in [0.5, 0.6) is 0 Å². The number of rotatable bonds is 4. The van der Waals surface area contributed by atoms with Crippen molar-refractivity contribution in [1.29, 1.82) is 0 Å². The first-order valence-corrected chi connectivity index (χ1v) is 11.5. The molecular formula is C27H25F3N4O5. The van der Waals surface area contributed by atoms with E-state index in [9.17, 15) is 22.8 Å². The van der Waals surface area contributed by atoms with E-state index in [0.717, 1.165) is 11.1 Å². The predicted molar refractivity (Wildman–Crippen MR) is 137 cm³/mol. The number of imidazole rings is 1. The number of anilines is 1. The highest BCUT2D eigenvalue weighted by Crippen LogP contribution is 2.23. The second-order valence-electron chi connectivity index (χ2n) is 9.30. The Morgan fingerprint density at radius 1 is 0.897 bits per heavy atom. The van der Waals surface area contributed by atoms with Crippen LogP contribution in [0.25, 0.3) is 16.9 Å². The van der Waals surface area contributed by atoms with Gasteiger partial charge in [-0.15, -0.1) is 0 Å². The van der Waals surface area contributed by atoms with Crippen molar-refractivity contribution in [3.8, 4) is 11.3 Å². The summed E-state index contributed by atoms with van der Waals surface area (Å²) < 4.78 is 38.1. The Hall–Kier alpha value is -4.74. The molecule has 0 bridgehead atoms. The lowest BCUT2D eigenvalue weighted by Gasteiger charge is -2.18. The number of alkyl halides is 3. The van der Waals surface area contributed by atoms with E-state index < -0.39 is 12.1 Å². The molecule has 2 N–H and O–H groups in total. The van der Waals surface area contributed by atoms with Crippen LogP contribution >= 0.6 is 0 Å². The summed E-state index contributed by atoms with van der Waals surface area (Å²) in [5.41, 5.74) is 4.39. The lowest BCUT2D eigenvalue weighted by atomic mass is 9.87. The van der Waals surface area contributed by atoms with E-state index in [0.29, 0.717) is 28.3 Å². The molecule has 4 aromatic rings. The number of fused-ring (bicyclic) bond motifs is 1. The maximum atomic E-state index is 12.6. The van der Waals surface area contributed by atoms with Crippen molar-refractivity contribution >= 4 is 29.3 Å². The molecule has 0 saturated carbocycles. The normalized spacial score (nSPS) is 11.4. The Kier molecular flexibility index (Phi) is 8.38. The van der Waals surface area contributed by atoms with E-state index in [1.165, 1.54) is 7.11 Å². The molecule has 9 nitrogen and oxygen atoms in total. The number of amides is 1. The Morgan fingerprint density at radius 2 is 1.46 bits per heavy atom. The van der Waals surface area contributed by atoms with Crippen LogP contribution in [0.3, 0.4) is 0 Å². The molecule has 204 valence electrons. The van der Waals surface area contributed by atoms with Gasteiger partial charge in [-0.25, -0.2) is 19.1 Å². The molecule has 2 aromatic carbocycles. The first kappa shape index (κ1) is 28.8. The predicted octanol–water partition coefficient (Wildman–Crippen LogP) is 5.37. The number of nitrogens with one attached hydrogen (secondary N) is 1. The van der Waals surface area contributed by atoms with E-state index in [4.69, 9.17) is 14.6 Å². The van der Waals surface area contributed by atoms with Gasteiger partial charge < -0.3 is 15.2 Å². The number of hydrogen-bond donors (Lipinski definition) is 2. The van der Waals surface area contributed by atoms with Gasteiger partial charge in [0.05, 0.1) is 24.6 Å². The number of aliphatic carboxylic acids is 1. The Labute approximate surface area is 221 Å². The van der Waals surface area contributed by atoms with E-state index in [1.807, 2.05) is 36.4 Å². The van der Waals surface area contributed by atoms with Gasteiger partial charge >= 0.3 is 18.1 Å². The number of methoxy groups -OCH3 is 1. The maximum absolute atomic E-state index is 12.6. The minimum Gasteiger partial charge on any atom is -0.475 e. The first-order chi connectivity index (χ1) is 18.2. The van der Waals surface area contributed by atoms with Crippen LogP contribution in [0.2, 0.25) is 0 Å². The number of carbonyl (C=O) groups excluding carboxylic acids is 2. The van der Waals surface area contributed by atoms with Crippen molar-refractivity contribution in [1.82, 2.24) is 14.6 Å². The third-order valence-corrected chi connectivity index (χ3v) is 5.42. The first-order valence-electron chi connectivity index (χ1n) is 11.5. The molecule has 4 rings (SSSR count). The molecule has 0 atom stereocenters. The maximum Gasteiger partial charge on any atom is 0.490 e. The van der Waals surface area contributed by atoms with Gasteiger partial charge in [0.25, 0.3) is 5.91 Å².